The van der Waals surface area contributed by atoms with Crippen molar-refractivity contribution >= 4 is 0 Å². The normalized spacial score (nSPS) is 12.7. The Morgan fingerprint density at radius 2 is 2.07 bits per heavy atom. The lowest BCUT2D eigenvalue weighted by atomic mass is 10.0. The molecule has 0 bridgehead atoms. The van der Waals surface area contributed by atoms with Crippen LogP contribution in [0.4, 0.5) is 0 Å². The fourth-order valence-corrected chi connectivity index (χ4v) is 1.46. The highest BCUT2D eigenvalue weighted by Gasteiger charge is 2.10. The largest absolute Gasteiger partial charge is 0.472 e. The Balaban J connectivity index is 2.32. The molecule has 0 aliphatic rings. The molecule has 0 saturated heterocycles. The van der Waals surface area contributed by atoms with Gasteiger partial charge in [0, 0.05) is 5.56 Å². The molecule has 14 heavy (non-hydrogen) atoms. The molecule has 1 aromatic heterocycles. The van der Waals surface area contributed by atoms with E-state index >= 15 is 0 Å². The minimum absolute atomic E-state index is 0.589. The molecule has 0 spiro atoms. The van der Waals surface area contributed by atoms with Gasteiger partial charge in [0.2, 0.25) is 0 Å². The van der Waals surface area contributed by atoms with Gasteiger partial charge in [-0.2, -0.15) is 0 Å². The van der Waals surface area contributed by atoms with Crippen LogP contribution in [-0.2, 0) is 0 Å². The van der Waals surface area contributed by atoms with Crippen LogP contribution >= 0.6 is 0 Å². The molecular weight excluding hydrogens is 176 g/mol. The lowest BCUT2D eigenvalue weighted by Crippen LogP contribution is -1.97. The summed E-state index contributed by atoms with van der Waals surface area (Å²) in [6, 6.07) is 9.59. The molecule has 1 unspecified atom stereocenters. The van der Waals surface area contributed by atoms with Crippen molar-refractivity contribution in [1.82, 2.24) is 0 Å². The molecule has 0 amide bonds. The lowest BCUT2D eigenvalue weighted by molar-refractivity contribution is 0.219. The van der Waals surface area contributed by atoms with Gasteiger partial charge >= 0.3 is 0 Å². The molecular formula is C12H12O2. The zero-order chi connectivity index (χ0) is 9.97. The number of furan rings is 1. The fourth-order valence-electron chi connectivity index (χ4n) is 1.46. The number of aliphatic hydroxyl groups is 1. The van der Waals surface area contributed by atoms with E-state index in [4.69, 9.17) is 4.42 Å². The minimum atomic E-state index is -0.589. The van der Waals surface area contributed by atoms with E-state index in [1.54, 1.807) is 18.6 Å². The monoisotopic (exact) mass is 188 g/mol. The Kier molecular flexibility index (Phi) is 2.37. The Labute approximate surface area is 82.8 Å². The lowest BCUT2D eigenvalue weighted by Gasteiger charge is -2.08. The second kappa shape index (κ2) is 3.68. The van der Waals surface area contributed by atoms with Crippen LogP contribution in [0.5, 0.6) is 0 Å². The molecule has 1 atom stereocenters. The number of hydrogen-bond donors (Lipinski definition) is 1. The molecule has 0 saturated carbocycles. The van der Waals surface area contributed by atoms with Crippen molar-refractivity contribution < 1.29 is 9.52 Å². The summed E-state index contributed by atoms with van der Waals surface area (Å²) >= 11 is 0. The Morgan fingerprint density at radius 1 is 1.21 bits per heavy atom. The van der Waals surface area contributed by atoms with Crippen LogP contribution in [0.15, 0.2) is 47.3 Å². The molecule has 2 heteroatoms. The summed E-state index contributed by atoms with van der Waals surface area (Å²) in [5.41, 5.74) is 2.83. The highest BCUT2D eigenvalue weighted by atomic mass is 16.3. The topological polar surface area (TPSA) is 33.4 Å². The predicted molar refractivity (Wildman–Crippen MR) is 53.9 cm³/mol. The summed E-state index contributed by atoms with van der Waals surface area (Å²) in [4.78, 5) is 0. The first-order valence-corrected chi connectivity index (χ1v) is 4.54. The van der Waals surface area contributed by atoms with Crippen LogP contribution in [0.1, 0.15) is 22.8 Å². The molecule has 0 radical (unpaired) electrons. The number of hydrogen-bond acceptors (Lipinski definition) is 2. The molecule has 72 valence electrons. The number of benzene rings is 1. The Hall–Kier alpha value is -1.54. The van der Waals surface area contributed by atoms with Gasteiger partial charge in [-0.1, -0.05) is 29.8 Å². The van der Waals surface area contributed by atoms with Gasteiger partial charge in [-0.05, 0) is 18.6 Å². The number of aliphatic hydroxyl groups excluding tert-OH is 1. The molecule has 2 rings (SSSR count). The van der Waals surface area contributed by atoms with E-state index < -0.39 is 6.10 Å². The second-order valence-electron chi connectivity index (χ2n) is 3.37. The van der Waals surface area contributed by atoms with Gasteiger partial charge in [-0.25, -0.2) is 0 Å². The zero-order valence-electron chi connectivity index (χ0n) is 7.97. The van der Waals surface area contributed by atoms with E-state index in [1.807, 2.05) is 31.2 Å². The Bertz CT molecular complexity index is 404. The molecule has 0 aliphatic heterocycles. The summed E-state index contributed by atoms with van der Waals surface area (Å²) < 4.78 is 4.93. The van der Waals surface area contributed by atoms with Crippen molar-refractivity contribution in [2.75, 3.05) is 0 Å². The van der Waals surface area contributed by atoms with Gasteiger partial charge in [-0.3, -0.25) is 0 Å². The van der Waals surface area contributed by atoms with E-state index in [0.717, 1.165) is 16.7 Å². The first kappa shape index (κ1) is 9.03. The molecule has 0 aliphatic carbocycles. The highest BCUT2D eigenvalue weighted by Crippen LogP contribution is 2.22. The average Bonchev–Trinajstić information content (AvgIpc) is 2.69. The third-order valence-corrected chi connectivity index (χ3v) is 2.22. The summed E-state index contributed by atoms with van der Waals surface area (Å²) in [5, 5.41) is 9.95. The molecule has 1 N–H and O–H groups in total. The average molecular weight is 188 g/mol. The predicted octanol–water partition coefficient (Wildman–Crippen LogP) is 2.67. The van der Waals surface area contributed by atoms with E-state index in [1.165, 1.54) is 0 Å². The summed E-state index contributed by atoms with van der Waals surface area (Å²) in [6.07, 6.45) is 2.54. The SMILES string of the molecule is Cc1cccc(C(O)c2ccoc2)c1. The van der Waals surface area contributed by atoms with Crippen LogP contribution in [-0.4, -0.2) is 5.11 Å². The zero-order valence-corrected chi connectivity index (χ0v) is 7.97. The van der Waals surface area contributed by atoms with Crippen molar-refractivity contribution in [2.24, 2.45) is 0 Å². The fraction of sp³-hybridized carbons (Fsp3) is 0.167. The van der Waals surface area contributed by atoms with Gasteiger partial charge in [0.25, 0.3) is 0 Å². The van der Waals surface area contributed by atoms with Gasteiger partial charge in [0.15, 0.2) is 0 Å². The van der Waals surface area contributed by atoms with Crippen LogP contribution in [0.2, 0.25) is 0 Å². The second-order valence-corrected chi connectivity index (χ2v) is 3.37. The summed E-state index contributed by atoms with van der Waals surface area (Å²) in [6.45, 7) is 2.01. The van der Waals surface area contributed by atoms with Crippen molar-refractivity contribution in [3.63, 3.8) is 0 Å². The van der Waals surface area contributed by atoms with Crippen LogP contribution in [0.25, 0.3) is 0 Å². The highest BCUT2D eigenvalue weighted by molar-refractivity contribution is 5.30. The van der Waals surface area contributed by atoms with Crippen molar-refractivity contribution in [1.29, 1.82) is 0 Å². The van der Waals surface area contributed by atoms with Crippen molar-refractivity contribution in [3.05, 3.63) is 59.5 Å². The minimum Gasteiger partial charge on any atom is -0.472 e. The summed E-state index contributed by atoms with van der Waals surface area (Å²) in [5.74, 6) is 0. The number of rotatable bonds is 2. The van der Waals surface area contributed by atoms with Crippen molar-refractivity contribution in [3.8, 4) is 0 Å². The first-order chi connectivity index (χ1) is 6.77. The molecule has 0 fully saturated rings. The van der Waals surface area contributed by atoms with Crippen LogP contribution in [0.3, 0.4) is 0 Å². The van der Waals surface area contributed by atoms with Gasteiger partial charge < -0.3 is 9.52 Å². The standard InChI is InChI=1S/C12H12O2/c1-9-3-2-4-10(7-9)12(13)11-5-6-14-8-11/h2-8,12-13H,1H3. The number of aryl methyl sites for hydroxylation is 1. The van der Waals surface area contributed by atoms with E-state index in [9.17, 15) is 5.11 Å². The first-order valence-electron chi connectivity index (χ1n) is 4.54. The molecule has 1 heterocycles. The molecule has 2 nitrogen and oxygen atoms in total. The van der Waals surface area contributed by atoms with E-state index in [0.29, 0.717) is 0 Å². The molecule has 2 aromatic rings. The smallest absolute Gasteiger partial charge is 0.107 e. The molecule has 1 aromatic carbocycles. The van der Waals surface area contributed by atoms with E-state index in [-0.39, 0.29) is 0 Å². The maximum absolute atomic E-state index is 9.95. The van der Waals surface area contributed by atoms with Crippen LogP contribution < -0.4 is 0 Å². The maximum Gasteiger partial charge on any atom is 0.107 e. The maximum atomic E-state index is 9.95. The quantitative estimate of drug-likeness (QED) is 0.786. The third-order valence-electron chi connectivity index (χ3n) is 2.22. The third kappa shape index (κ3) is 1.70. The Morgan fingerprint density at radius 3 is 2.71 bits per heavy atom. The van der Waals surface area contributed by atoms with Crippen LogP contribution in [0, 0.1) is 6.92 Å². The van der Waals surface area contributed by atoms with Gasteiger partial charge in [0.1, 0.15) is 6.10 Å². The summed E-state index contributed by atoms with van der Waals surface area (Å²) in [7, 11) is 0. The van der Waals surface area contributed by atoms with E-state index in [2.05, 4.69) is 0 Å². The van der Waals surface area contributed by atoms with Gasteiger partial charge in [0.05, 0.1) is 12.5 Å². The van der Waals surface area contributed by atoms with Crippen molar-refractivity contribution in [2.45, 2.75) is 13.0 Å². The van der Waals surface area contributed by atoms with Gasteiger partial charge in [-0.15, -0.1) is 0 Å².